The lowest BCUT2D eigenvalue weighted by atomic mass is 9.79. The number of methoxy groups -OCH3 is 1. The third kappa shape index (κ3) is 3.02. The van der Waals surface area contributed by atoms with Crippen molar-refractivity contribution >= 4 is 0 Å². The second-order valence-corrected chi connectivity index (χ2v) is 5.04. The standard InChI is InChI=1S/C15H22FNO/c1-3-17-14(9-11-5-4-6-11)12-7-8-13(16)15(10-12)18-2/h7-8,10-11,14,17H,3-6,9H2,1-2H3. The van der Waals surface area contributed by atoms with Crippen molar-refractivity contribution in [3.05, 3.63) is 29.6 Å². The van der Waals surface area contributed by atoms with Crippen LogP contribution in [-0.2, 0) is 0 Å². The van der Waals surface area contributed by atoms with E-state index in [4.69, 9.17) is 4.74 Å². The molecule has 0 bridgehead atoms. The van der Waals surface area contributed by atoms with E-state index in [-0.39, 0.29) is 5.82 Å². The number of benzene rings is 1. The second kappa shape index (κ2) is 6.19. The molecular formula is C15H22FNO. The Labute approximate surface area is 109 Å². The van der Waals surface area contributed by atoms with E-state index >= 15 is 0 Å². The van der Waals surface area contributed by atoms with Gasteiger partial charge in [0, 0.05) is 6.04 Å². The zero-order chi connectivity index (χ0) is 13.0. The number of halogens is 1. The van der Waals surface area contributed by atoms with Crippen LogP contribution in [0.15, 0.2) is 18.2 Å². The van der Waals surface area contributed by atoms with Gasteiger partial charge in [0.1, 0.15) is 0 Å². The fourth-order valence-electron chi connectivity index (χ4n) is 2.54. The molecule has 0 aliphatic heterocycles. The van der Waals surface area contributed by atoms with E-state index < -0.39 is 0 Å². The average molecular weight is 251 g/mol. The van der Waals surface area contributed by atoms with Crippen molar-refractivity contribution in [2.45, 2.75) is 38.6 Å². The number of ether oxygens (including phenoxy) is 1. The van der Waals surface area contributed by atoms with Crippen LogP contribution < -0.4 is 10.1 Å². The summed E-state index contributed by atoms with van der Waals surface area (Å²) in [6, 6.07) is 5.50. The average Bonchev–Trinajstić information content (AvgIpc) is 2.33. The maximum absolute atomic E-state index is 13.4. The van der Waals surface area contributed by atoms with Crippen LogP contribution in [0.1, 0.15) is 44.2 Å². The highest BCUT2D eigenvalue weighted by molar-refractivity contribution is 5.32. The van der Waals surface area contributed by atoms with E-state index in [0.717, 1.165) is 24.4 Å². The Balaban J connectivity index is 2.12. The molecule has 3 heteroatoms. The van der Waals surface area contributed by atoms with Crippen LogP contribution in [-0.4, -0.2) is 13.7 Å². The molecule has 1 atom stereocenters. The van der Waals surface area contributed by atoms with E-state index in [1.807, 2.05) is 12.1 Å². The molecular weight excluding hydrogens is 229 g/mol. The van der Waals surface area contributed by atoms with Crippen LogP contribution in [0.2, 0.25) is 0 Å². The van der Waals surface area contributed by atoms with Gasteiger partial charge in [-0.3, -0.25) is 0 Å². The molecule has 0 spiro atoms. The Morgan fingerprint density at radius 2 is 2.22 bits per heavy atom. The van der Waals surface area contributed by atoms with Gasteiger partial charge in [-0.15, -0.1) is 0 Å². The summed E-state index contributed by atoms with van der Waals surface area (Å²) in [7, 11) is 1.51. The molecule has 18 heavy (non-hydrogen) atoms. The van der Waals surface area contributed by atoms with Crippen molar-refractivity contribution in [1.82, 2.24) is 5.32 Å². The molecule has 1 aliphatic rings. The molecule has 1 aromatic carbocycles. The highest BCUT2D eigenvalue weighted by atomic mass is 19.1. The van der Waals surface area contributed by atoms with Gasteiger partial charge in [-0.2, -0.15) is 0 Å². The minimum Gasteiger partial charge on any atom is -0.494 e. The monoisotopic (exact) mass is 251 g/mol. The van der Waals surface area contributed by atoms with Crippen molar-refractivity contribution < 1.29 is 9.13 Å². The van der Waals surface area contributed by atoms with Gasteiger partial charge in [-0.1, -0.05) is 32.3 Å². The highest BCUT2D eigenvalue weighted by Crippen LogP contribution is 2.35. The number of nitrogens with one attached hydrogen (secondary N) is 1. The quantitative estimate of drug-likeness (QED) is 0.832. The molecule has 1 unspecified atom stereocenters. The lowest BCUT2D eigenvalue weighted by Gasteiger charge is -2.30. The molecule has 0 radical (unpaired) electrons. The van der Waals surface area contributed by atoms with E-state index in [2.05, 4.69) is 12.2 Å². The van der Waals surface area contributed by atoms with Crippen molar-refractivity contribution in [3.8, 4) is 5.75 Å². The number of hydrogen-bond acceptors (Lipinski definition) is 2. The second-order valence-electron chi connectivity index (χ2n) is 5.04. The maximum atomic E-state index is 13.4. The SMILES string of the molecule is CCNC(CC1CCC1)c1ccc(F)c(OC)c1. The Kier molecular flexibility index (Phi) is 4.59. The van der Waals surface area contributed by atoms with Crippen molar-refractivity contribution in [1.29, 1.82) is 0 Å². The van der Waals surface area contributed by atoms with Gasteiger partial charge in [0.25, 0.3) is 0 Å². The fourth-order valence-corrected chi connectivity index (χ4v) is 2.54. The summed E-state index contributed by atoms with van der Waals surface area (Å²) in [5.74, 6) is 0.870. The molecule has 1 aliphatic carbocycles. The van der Waals surface area contributed by atoms with E-state index in [9.17, 15) is 4.39 Å². The molecule has 0 heterocycles. The molecule has 0 saturated heterocycles. The first kappa shape index (κ1) is 13.3. The topological polar surface area (TPSA) is 21.3 Å². The summed E-state index contributed by atoms with van der Waals surface area (Å²) in [6.07, 6.45) is 5.17. The predicted octanol–water partition coefficient (Wildman–Crippen LogP) is 3.68. The van der Waals surface area contributed by atoms with Gasteiger partial charge in [-0.05, 0) is 36.6 Å². The zero-order valence-corrected chi connectivity index (χ0v) is 11.2. The fraction of sp³-hybridized carbons (Fsp3) is 0.600. The first-order valence-electron chi connectivity index (χ1n) is 6.81. The number of rotatable bonds is 6. The molecule has 1 N–H and O–H groups in total. The van der Waals surface area contributed by atoms with Gasteiger partial charge in [0.2, 0.25) is 0 Å². The third-order valence-corrected chi connectivity index (χ3v) is 3.82. The van der Waals surface area contributed by atoms with Crippen LogP contribution in [0.5, 0.6) is 5.75 Å². The maximum Gasteiger partial charge on any atom is 0.165 e. The Hall–Kier alpha value is -1.09. The summed E-state index contributed by atoms with van der Waals surface area (Å²) in [6.45, 7) is 3.03. The third-order valence-electron chi connectivity index (χ3n) is 3.82. The van der Waals surface area contributed by atoms with Crippen LogP contribution >= 0.6 is 0 Å². The Morgan fingerprint density at radius 1 is 1.44 bits per heavy atom. The molecule has 0 amide bonds. The minimum atomic E-state index is -0.292. The summed E-state index contributed by atoms with van der Waals surface area (Å²) in [4.78, 5) is 0. The number of hydrogen-bond donors (Lipinski definition) is 1. The summed E-state index contributed by atoms with van der Waals surface area (Å²) in [5, 5.41) is 3.49. The summed E-state index contributed by atoms with van der Waals surface area (Å²) in [5.41, 5.74) is 1.13. The van der Waals surface area contributed by atoms with Gasteiger partial charge < -0.3 is 10.1 Å². The Bertz CT molecular complexity index is 390. The lowest BCUT2D eigenvalue weighted by Crippen LogP contribution is -2.26. The first-order chi connectivity index (χ1) is 8.74. The molecule has 0 aromatic heterocycles. The summed E-state index contributed by atoms with van der Waals surface area (Å²) >= 11 is 0. The molecule has 1 aromatic rings. The van der Waals surface area contributed by atoms with Crippen LogP contribution in [0.3, 0.4) is 0 Å². The Morgan fingerprint density at radius 3 is 2.78 bits per heavy atom. The van der Waals surface area contributed by atoms with Crippen LogP contribution in [0, 0.1) is 11.7 Å². The van der Waals surface area contributed by atoms with Gasteiger partial charge >= 0.3 is 0 Å². The summed E-state index contributed by atoms with van der Waals surface area (Å²) < 4.78 is 18.5. The van der Waals surface area contributed by atoms with E-state index in [0.29, 0.717) is 11.8 Å². The van der Waals surface area contributed by atoms with E-state index in [1.54, 1.807) is 0 Å². The smallest absolute Gasteiger partial charge is 0.165 e. The normalized spacial score (nSPS) is 17.3. The molecule has 1 fully saturated rings. The molecule has 2 rings (SSSR count). The first-order valence-corrected chi connectivity index (χ1v) is 6.81. The predicted molar refractivity (Wildman–Crippen MR) is 71.3 cm³/mol. The lowest BCUT2D eigenvalue weighted by molar-refractivity contribution is 0.262. The van der Waals surface area contributed by atoms with Crippen LogP contribution in [0.25, 0.3) is 0 Å². The van der Waals surface area contributed by atoms with Gasteiger partial charge in [-0.25, -0.2) is 4.39 Å². The van der Waals surface area contributed by atoms with Gasteiger partial charge in [0.15, 0.2) is 11.6 Å². The molecule has 100 valence electrons. The highest BCUT2D eigenvalue weighted by Gasteiger charge is 2.23. The minimum absolute atomic E-state index is 0.292. The largest absolute Gasteiger partial charge is 0.494 e. The zero-order valence-electron chi connectivity index (χ0n) is 11.2. The van der Waals surface area contributed by atoms with Crippen molar-refractivity contribution in [2.75, 3.05) is 13.7 Å². The molecule has 2 nitrogen and oxygen atoms in total. The van der Waals surface area contributed by atoms with E-state index in [1.165, 1.54) is 32.4 Å². The van der Waals surface area contributed by atoms with Crippen LogP contribution in [0.4, 0.5) is 4.39 Å². The van der Waals surface area contributed by atoms with Gasteiger partial charge in [0.05, 0.1) is 7.11 Å². The van der Waals surface area contributed by atoms with Crippen molar-refractivity contribution in [3.63, 3.8) is 0 Å². The molecule has 1 saturated carbocycles. The van der Waals surface area contributed by atoms with Crippen molar-refractivity contribution in [2.24, 2.45) is 5.92 Å².